The number of fused-ring (bicyclic) bond motifs is 1. The lowest BCUT2D eigenvalue weighted by Crippen LogP contribution is -2.15. The molecule has 1 aliphatic heterocycles. The summed E-state index contributed by atoms with van der Waals surface area (Å²) in [5.74, 6) is 1.25. The molecular formula is C17H18FNO2. The van der Waals surface area contributed by atoms with E-state index in [1.54, 1.807) is 12.1 Å². The number of anilines is 1. The summed E-state index contributed by atoms with van der Waals surface area (Å²) < 4.78 is 24.1. The first-order chi connectivity index (χ1) is 10.3. The third kappa shape index (κ3) is 3.45. The van der Waals surface area contributed by atoms with Crippen LogP contribution in [0.1, 0.15) is 12.0 Å². The summed E-state index contributed by atoms with van der Waals surface area (Å²) in [6.45, 7) is 1.87. The molecular weight excluding hydrogens is 269 g/mol. The molecule has 0 bridgehead atoms. The summed E-state index contributed by atoms with van der Waals surface area (Å²) in [5, 5.41) is 3.39. The second-order valence-electron chi connectivity index (χ2n) is 4.97. The molecule has 0 fully saturated rings. The van der Waals surface area contributed by atoms with Crippen molar-refractivity contribution in [2.24, 2.45) is 0 Å². The van der Waals surface area contributed by atoms with Gasteiger partial charge in [-0.1, -0.05) is 12.1 Å². The van der Waals surface area contributed by atoms with Crippen LogP contribution in [-0.2, 0) is 6.42 Å². The first-order valence-corrected chi connectivity index (χ1v) is 7.20. The zero-order valence-electron chi connectivity index (χ0n) is 11.8. The molecule has 110 valence electrons. The molecule has 1 aliphatic rings. The standard InChI is InChI=1S/C17H18FNO2/c18-14-6-8-15(9-7-14)20-11-12-21-16-5-1-3-13-4-2-10-19-17(13)16/h1,3,5-9,19H,2,4,10-12H2. The summed E-state index contributed by atoms with van der Waals surface area (Å²) in [7, 11) is 0. The molecule has 0 amide bonds. The molecule has 2 aromatic carbocycles. The molecule has 1 heterocycles. The van der Waals surface area contributed by atoms with Gasteiger partial charge in [-0.15, -0.1) is 0 Å². The van der Waals surface area contributed by atoms with E-state index >= 15 is 0 Å². The van der Waals surface area contributed by atoms with E-state index in [9.17, 15) is 4.39 Å². The Balaban J connectivity index is 1.53. The molecule has 0 saturated heterocycles. The highest BCUT2D eigenvalue weighted by Crippen LogP contribution is 2.31. The van der Waals surface area contributed by atoms with E-state index < -0.39 is 0 Å². The Morgan fingerprint density at radius 1 is 1.00 bits per heavy atom. The van der Waals surface area contributed by atoms with Crippen LogP contribution in [0, 0.1) is 5.82 Å². The predicted octanol–water partition coefficient (Wildman–Crippen LogP) is 3.64. The number of benzene rings is 2. The maximum absolute atomic E-state index is 12.8. The van der Waals surface area contributed by atoms with E-state index in [2.05, 4.69) is 11.4 Å². The van der Waals surface area contributed by atoms with Gasteiger partial charge in [-0.3, -0.25) is 0 Å². The normalized spacial score (nSPS) is 13.2. The van der Waals surface area contributed by atoms with Crippen LogP contribution >= 0.6 is 0 Å². The fraction of sp³-hybridized carbons (Fsp3) is 0.294. The van der Waals surface area contributed by atoms with Crippen LogP contribution in [0.25, 0.3) is 0 Å². The number of ether oxygens (including phenoxy) is 2. The largest absolute Gasteiger partial charge is 0.490 e. The summed E-state index contributed by atoms with van der Waals surface area (Å²) in [5.41, 5.74) is 2.41. The Labute approximate surface area is 123 Å². The second kappa shape index (κ2) is 6.48. The summed E-state index contributed by atoms with van der Waals surface area (Å²) >= 11 is 0. The van der Waals surface area contributed by atoms with Gasteiger partial charge in [0.2, 0.25) is 0 Å². The summed E-state index contributed by atoms with van der Waals surface area (Å²) in [6.07, 6.45) is 2.25. The van der Waals surface area contributed by atoms with Crippen molar-refractivity contribution in [2.45, 2.75) is 12.8 Å². The third-order valence-corrected chi connectivity index (χ3v) is 3.46. The summed E-state index contributed by atoms with van der Waals surface area (Å²) in [4.78, 5) is 0. The number of nitrogens with one attached hydrogen (secondary N) is 1. The van der Waals surface area contributed by atoms with E-state index in [1.807, 2.05) is 12.1 Å². The Kier molecular flexibility index (Phi) is 4.24. The van der Waals surface area contributed by atoms with Gasteiger partial charge in [0.15, 0.2) is 0 Å². The van der Waals surface area contributed by atoms with Crippen molar-refractivity contribution in [1.29, 1.82) is 0 Å². The van der Waals surface area contributed by atoms with Crippen molar-refractivity contribution < 1.29 is 13.9 Å². The van der Waals surface area contributed by atoms with Gasteiger partial charge in [0.25, 0.3) is 0 Å². The van der Waals surface area contributed by atoms with Gasteiger partial charge in [0.1, 0.15) is 30.5 Å². The van der Waals surface area contributed by atoms with Gasteiger partial charge >= 0.3 is 0 Å². The van der Waals surface area contributed by atoms with E-state index in [0.717, 1.165) is 30.8 Å². The molecule has 4 heteroatoms. The maximum Gasteiger partial charge on any atom is 0.142 e. The van der Waals surface area contributed by atoms with Gasteiger partial charge < -0.3 is 14.8 Å². The van der Waals surface area contributed by atoms with Gasteiger partial charge in [0.05, 0.1) is 5.69 Å². The smallest absolute Gasteiger partial charge is 0.142 e. The van der Waals surface area contributed by atoms with Gasteiger partial charge in [-0.05, 0) is 48.7 Å². The minimum atomic E-state index is -0.263. The van der Waals surface area contributed by atoms with Crippen LogP contribution < -0.4 is 14.8 Å². The monoisotopic (exact) mass is 287 g/mol. The van der Waals surface area contributed by atoms with Crippen LogP contribution in [0.3, 0.4) is 0 Å². The zero-order chi connectivity index (χ0) is 14.5. The molecule has 0 aliphatic carbocycles. The molecule has 3 rings (SSSR count). The molecule has 0 spiro atoms. The molecule has 3 nitrogen and oxygen atoms in total. The number of hydrogen-bond donors (Lipinski definition) is 1. The Hall–Kier alpha value is -2.23. The number of halogens is 1. The third-order valence-electron chi connectivity index (χ3n) is 3.46. The summed E-state index contributed by atoms with van der Waals surface area (Å²) in [6, 6.07) is 12.1. The molecule has 0 atom stereocenters. The van der Waals surface area contributed by atoms with Crippen LogP contribution in [0.15, 0.2) is 42.5 Å². The van der Waals surface area contributed by atoms with Crippen molar-refractivity contribution >= 4 is 5.69 Å². The van der Waals surface area contributed by atoms with Crippen LogP contribution in [0.2, 0.25) is 0 Å². The highest BCUT2D eigenvalue weighted by Gasteiger charge is 2.12. The molecule has 2 aromatic rings. The Morgan fingerprint density at radius 3 is 2.67 bits per heavy atom. The van der Waals surface area contributed by atoms with Crippen molar-refractivity contribution in [3.05, 3.63) is 53.8 Å². The van der Waals surface area contributed by atoms with Crippen molar-refractivity contribution in [3.63, 3.8) is 0 Å². The minimum absolute atomic E-state index is 0.263. The van der Waals surface area contributed by atoms with Gasteiger partial charge in [-0.25, -0.2) is 4.39 Å². The van der Waals surface area contributed by atoms with E-state index in [1.165, 1.54) is 17.7 Å². The molecule has 1 N–H and O–H groups in total. The van der Waals surface area contributed by atoms with Crippen molar-refractivity contribution in [1.82, 2.24) is 0 Å². The topological polar surface area (TPSA) is 30.5 Å². The molecule has 0 aromatic heterocycles. The molecule has 0 radical (unpaired) electrons. The maximum atomic E-state index is 12.8. The van der Waals surface area contributed by atoms with Crippen molar-refractivity contribution in [2.75, 3.05) is 25.1 Å². The number of aryl methyl sites for hydroxylation is 1. The fourth-order valence-corrected chi connectivity index (χ4v) is 2.44. The van der Waals surface area contributed by atoms with Crippen LogP contribution in [0.5, 0.6) is 11.5 Å². The second-order valence-corrected chi connectivity index (χ2v) is 4.97. The lowest BCUT2D eigenvalue weighted by Gasteiger charge is -2.21. The highest BCUT2D eigenvalue weighted by molar-refractivity contribution is 5.63. The molecule has 21 heavy (non-hydrogen) atoms. The lowest BCUT2D eigenvalue weighted by atomic mass is 10.0. The zero-order valence-corrected chi connectivity index (χ0v) is 11.8. The minimum Gasteiger partial charge on any atom is -0.490 e. The van der Waals surface area contributed by atoms with Gasteiger partial charge in [-0.2, -0.15) is 0 Å². The lowest BCUT2D eigenvalue weighted by molar-refractivity contribution is 0.217. The average molecular weight is 287 g/mol. The predicted molar refractivity (Wildman–Crippen MR) is 80.6 cm³/mol. The fourth-order valence-electron chi connectivity index (χ4n) is 2.44. The van der Waals surface area contributed by atoms with E-state index in [4.69, 9.17) is 9.47 Å². The first-order valence-electron chi connectivity index (χ1n) is 7.20. The molecule has 0 unspecified atom stereocenters. The average Bonchev–Trinajstić information content (AvgIpc) is 2.53. The van der Waals surface area contributed by atoms with E-state index in [-0.39, 0.29) is 5.82 Å². The SMILES string of the molecule is Fc1ccc(OCCOc2cccc3c2NCCC3)cc1. The Bertz CT molecular complexity index is 598. The highest BCUT2D eigenvalue weighted by atomic mass is 19.1. The van der Waals surface area contributed by atoms with Gasteiger partial charge in [0, 0.05) is 6.54 Å². The quantitative estimate of drug-likeness (QED) is 0.852. The van der Waals surface area contributed by atoms with Crippen LogP contribution in [0.4, 0.5) is 10.1 Å². The van der Waals surface area contributed by atoms with Crippen LogP contribution in [-0.4, -0.2) is 19.8 Å². The number of hydrogen-bond acceptors (Lipinski definition) is 3. The molecule has 0 saturated carbocycles. The first kappa shape index (κ1) is 13.7. The Morgan fingerprint density at radius 2 is 1.81 bits per heavy atom. The number of para-hydroxylation sites is 1. The number of rotatable bonds is 5. The van der Waals surface area contributed by atoms with E-state index in [0.29, 0.717) is 19.0 Å². The van der Waals surface area contributed by atoms with Crippen molar-refractivity contribution in [3.8, 4) is 11.5 Å².